The summed E-state index contributed by atoms with van der Waals surface area (Å²) in [5.41, 5.74) is 2.49. The molecular weight excluding hydrogens is 222 g/mol. The van der Waals surface area contributed by atoms with Crippen LogP contribution in [0.1, 0.15) is 44.7 Å². The fraction of sp³-hybridized carbons (Fsp3) is 0.667. The molecule has 1 atom stereocenters. The summed E-state index contributed by atoms with van der Waals surface area (Å²) < 4.78 is 0. The monoisotopic (exact) mass is 247 g/mol. The average Bonchev–Trinajstić information content (AvgIpc) is 2.40. The van der Waals surface area contributed by atoms with Gasteiger partial charge in [-0.3, -0.25) is 4.98 Å². The topological polar surface area (TPSA) is 28.2 Å². The van der Waals surface area contributed by atoms with Crippen LogP contribution in [0.2, 0.25) is 0 Å². The minimum absolute atomic E-state index is 0.730. The lowest BCUT2D eigenvalue weighted by Crippen LogP contribution is -2.39. The molecule has 0 spiro atoms. The van der Waals surface area contributed by atoms with Crippen molar-refractivity contribution in [2.24, 2.45) is 0 Å². The first kappa shape index (κ1) is 13.3. The maximum absolute atomic E-state index is 4.41. The Bertz CT molecular complexity index is 363. The van der Waals surface area contributed by atoms with Crippen molar-refractivity contribution in [2.45, 2.75) is 51.6 Å². The zero-order valence-corrected chi connectivity index (χ0v) is 11.7. The number of nitrogens with one attached hydrogen (secondary N) is 1. The summed E-state index contributed by atoms with van der Waals surface area (Å²) in [5, 5.41) is 3.17. The van der Waals surface area contributed by atoms with Crippen LogP contribution < -0.4 is 10.2 Å². The van der Waals surface area contributed by atoms with E-state index in [9.17, 15) is 0 Å². The molecule has 1 unspecified atom stereocenters. The first-order valence-electron chi connectivity index (χ1n) is 7.21. The average molecular weight is 247 g/mol. The molecule has 1 aliphatic rings. The van der Waals surface area contributed by atoms with E-state index in [0.29, 0.717) is 0 Å². The Kier molecular flexibility index (Phi) is 5.00. The van der Waals surface area contributed by atoms with E-state index < -0.39 is 0 Å². The minimum atomic E-state index is 0.730. The van der Waals surface area contributed by atoms with Crippen LogP contribution in [0.4, 0.5) is 5.69 Å². The fourth-order valence-corrected chi connectivity index (χ4v) is 2.90. The highest BCUT2D eigenvalue weighted by molar-refractivity contribution is 5.48. The number of hydrogen-bond acceptors (Lipinski definition) is 3. The quantitative estimate of drug-likeness (QED) is 0.867. The standard InChI is InChI=1S/C15H25N3/c1-3-6-14-7-4-5-10-18(14)15-8-9-17-13(11-15)12-16-2/h8-9,11,14,16H,3-7,10,12H2,1-2H3. The first-order chi connectivity index (χ1) is 8.85. The van der Waals surface area contributed by atoms with Gasteiger partial charge in [-0.05, 0) is 44.9 Å². The van der Waals surface area contributed by atoms with Gasteiger partial charge in [0.15, 0.2) is 0 Å². The molecule has 0 amide bonds. The molecule has 0 saturated carbocycles. The second-order valence-corrected chi connectivity index (χ2v) is 5.17. The van der Waals surface area contributed by atoms with Crippen LogP contribution in [0.3, 0.4) is 0 Å². The van der Waals surface area contributed by atoms with Crippen molar-refractivity contribution in [1.29, 1.82) is 0 Å². The number of pyridine rings is 1. The molecule has 1 aromatic rings. The number of piperidine rings is 1. The largest absolute Gasteiger partial charge is 0.368 e. The summed E-state index contributed by atoms with van der Waals surface area (Å²) >= 11 is 0. The van der Waals surface area contributed by atoms with Crippen molar-refractivity contribution in [3.8, 4) is 0 Å². The molecule has 1 aliphatic heterocycles. The molecule has 1 saturated heterocycles. The van der Waals surface area contributed by atoms with Crippen molar-refractivity contribution in [3.63, 3.8) is 0 Å². The molecule has 0 aliphatic carbocycles. The Labute approximate surface area is 111 Å². The second-order valence-electron chi connectivity index (χ2n) is 5.17. The lowest BCUT2D eigenvalue weighted by molar-refractivity contribution is 0.434. The van der Waals surface area contributed by atoms with Crippen molar-refractivity contribution in [3.05, 3.63) is 24.0 Å². The Hall–Kier alpha value is -1.09. The predicted octanol–water partition coefficient (Wildman–Crippen LogP) is 2.96. The van der Waals surface area contributed by atoms with Crippen LogP contribution in [0, 0.1) is 0 Å². The van der Waals surface area contributed by atoms with Gasteiger partial charge in [-0.15, -0.1) is 0 Å². The van der Waals surface area contributed by atoms with E-state index in [4.69, 9.17) is 0 Å². The molecule has 3 heteroatoms. The van der Waals surface area contributed by atoms with Gasteiger partial charge in [0.1, 0.15) is 0 Å². The van der Waals surface area contributed by atoms with Crippen molar-refractivity contribution in [2.75, 3.05) is 18.5 Å². The van der Waals surface area contributed by atoms with Gasteiger partial charge in [0, 0.05) is 31.0 Å². The Balaban J connectivity index is 2.14. The summed E-state index contributed by atoms with van der Waals surface area (Å²) in [6, 6.07) is 5.13. The molecule has 2 heterocycles. The predicted molar refractivity (Wildman–Crippen MR) is 76.9 cm³/mol. The Morgan fingerprint density at radius 3 is 3.11 bits per heavy atom. The van der Waals surface area contributed by atoms with Crippen LogP contribution in [-0.2, 0) is 6.54 Å². The maximum atomic E-state index is 4.41. The van der Waals surface area contributed by atoms with Gasteiger partial charge in [-0.2, -0.15) is 0 Å². The van der Waals surface area contributed by atoms with E-state index in [-0.39, 0.29) is 0 Å². The third-order valence-electron chi connectivity index (χ3n) is 3.74. The van der Waals surface area contributed by atoms with Crippen LogP contribution in [-0.4, -0.2) is 24.6 Å². The van der Waals surface area contributed by atoms with Crippen molar-refractivity contribution in [1.82, 2.24) is 10.3 Å². The Morgan fingerprint density at radius 2 is 2.33 bits per heavy atom. The summed E-state index contributed by atoms with van der Waals surface area (Å²) in [7, 11) is 1.97. The van der Waals surface area contributed by atoms with E-state index in [1.807, 2.05) is 13.2 Å². The zero-order valence-electron chi connectivity index (χ0n) is 11.7. The van der Waals surface area contributed by atoms with Gasteiger partial charge in [0.25, 0.3) is 0 Å². The van der Waals surface area contributed by atoms with Crippen molar-refractivity contribution < 1.29 is 0 Å². The molecule has 0 bridgehead atoms. The summed E-state index contributed by atoms with van der Waals surface area (Å²) in [6.45, 7) is 4.33. The van der Waals surface area contributed by atoms with E-state index in [2.05, 4.69) is 34.3 Å². The third kappa shape index (κ3) is 3.22. The molecule has 3 nitrogen and oxygen atoms in total. The highest BCUT2D eigenvalue weighted by Crippen LogP contribution is 2.27. The second kappa shape index (κ2) is 6.74. The summed E-state index contributed by atoms with van der Waals surface area (Å²) in [6.07, 6.45) is 8.58. The summed E-state index contributed by atoms with van der Waals surface area (Å²) in [4.78, 5) is 7.00. The molecule has 100 valence electrons. The van der Waals surface area contributed by atoms with E-state index in [0.717, 1.165) is 18.3 Å². The third-order valence-corrected chi connectivity index (χ3v) is 3.74. The Morgan fingerprint density at radius 1 is 1.44 bits per heavy atom. The van der Waals surface area contributed by atoms with Gasteiger partial charge in [-0.1, -0.05) is 13.3 Å². The molecule has 1 fully saturated rings. The van der Waals surface area contributed by atoms with Gasteiger partial charge in [-0.25, -0.2) is 0 Å². The lowest BCUT2D eigenvalue weighted by Gasteiger charge is -2.37. The van der Waals surface area contributed by atoms with Crippen LogP contribution in [0.5, 0.6) is 0 Å². The van der Waals surface area contributed by atoms with Gasteiger partial charge < -0.3 is 10.2 Å². The zero-order chi connectivity index (χ0) is 12.8. The molecule has 0 radical (unpaired) electrons. The van der Waals surface area contributed by atoms with Crippen LogP contribution >= 0.6 is 0 Å². The first-order valence-corrected chi connectivity index (χ1v) is 7.21. The SMILES string of the molecule is CCCC1CCCCN1c1ccnc(CNC)c1. The molecule has 1 N–H and O–H groups in total. The number of hydrogen-bond donors (Lipinski definition) is 1. The number of anilines is 1. The summed E-state index contributed by atoms with van der Waals surface area (Å²) in [5.74, 6) is 0. The molecule has 2 rings (SSSR count). The van der Waals surface area contributed by atoms with Crippen LogP contribution in [0.25, 0.3) is 0 Å². The highest BCUT2D eigenvalue weighted by Gasteiger charge is 2.21. The lowest BCUT2D eigenvalue weighted by atomic mass is 9.97. The number of nitrogens with zero attached hydrogens (tertiary/aromatic N) is 2. The van der Waals surface area contributed by atoms with Crippen LogP contribution in [0.15, 0.2) is 18.3 Å². The maximum Gasteiger partial charge on any atom is 0.0562 e. The fourth-order valence-electron chi connectivity index (χ4n) is 2.90. The number of aromatic nitrogens is 1. The highest BCUT2D eigenvalue weighted by atomic mass is 15.2. The number of rotatable bonds is 5. The smallest absolute Gasteiger partial charge is 0.0562 e. The van der Waals surface area contributed by atoms with Gasteiger partial charge in [0.05, 0.1) is 5.69 Å². The molecular formula is C15H25N3. The van der Waals surface area contributed by atoms with Crippen molar-refractivity contribution >= 4 is 5.69 Å². The van der Waals surface area contributed by atoms with E-state index >= 15 is 0 Å². The molecule has 0 aromatic carbocycles. The minimum Gasteiger partial charge on any atom is -0.368 e. The van der Waals surface area contributed by atoms with Gasteiger partial charge >= 0.3 is 0 Å². The van der Waals surface area contributed by atoms with Gasteiger partial charge in [0.2, 0.25) is 0 Å². The normalized spacial score (nSPS) is 20.1. The van der Waals surface area contributed by atoms with E-state index in [1.54, 1.807) is 0 Å². The molecule has 18 heavy (non-hydrogen) atoms. The molecule has 1 aromatic heterocycles. The van der Waals surface area contributed by atoms with E-state index in [1.165, 1.54) is 44.3 Å².